The van der Waals surface area contributed by atoms with E-state index in [-0.39, 0.29) is 5.91 Å². The third kappa shape index (κ3) is 2.08. The Hall–Kier alpha value is -1.32. The molecule has 0 aliphatic rings. The molecule has 12 heavy (non-hydrogen) atoms. The molecule has 0 bridgehead atoms. The van der Waals surface area contributed by atoms with Crippen LogP contribution in [0.5, 0.6) is 0 Å². The van der Waals surface area contributed by atoms with Gasteiger partial charge in [0.2, 0.25) is 5.91 Å². The molecule has 4 heteroatoms. The van der Waals surface area contributed by atoms with E-state index < -0.39 is 0 Å². The Balaban J connectivity index is 2.58. The summed E-state index contributed by atoms with van der Waals surface area (Å²) in [4.78, 5) is 16.6. The fraction of sp³-hybridized carbons (Fsp3) is 0.500. The summed E-state index contributed by atoms with van der Waals surface area (Å²) in [5.41, 5.74) is 0.912. The minimum absolute atomic E-state index is 0.0562. The van der Waals surface area contributed by atoms with Crippen LogP contribution in [0.4, 0.5) is 0 Å². The van der Waals surface area contributed by atoms with E-state index in [0.717, 1.165) is 5.69 Å². The number of hydrogen-bond donors (Lipinski definition) is 0. The average molecular weight is 167 g/mol. The number of rotatable bonds is 2. The van der Waals surface area contributed by atoms with Crippen molar-refractivity contribution in [3.63, 3.8) is 0 Å². The third-order valence-corrected chi connectivity index (χ3v) is 1.70. The monoisotopic (exact) mass is 167 g/mol. The van der Waals surface area contributed by atoms with Crippen molar-refractivity contribution in [3.05, 3.63) is 18.2 Å². The zero-order valence-electron chi connectivity index (χ0n) is 7.61. The van der Waals surface area contributed by atoms with Crippen molar-refractivity contribution in [1.29, 1.82) is 0 Å². The van der Waals surface area contributed by atoms with Gasteiger partial charge < -0.3 is 9.47 Å². The van der Waals surface area contributed by atoms with E-state index in [4.69, 9.17) is 0 Å². The van der Waals surface area contributed by atoms with Crippen molar-refractivity contribution in [3.8, 4) is 0 Å². The molecule has 0 aliphatic carbocycles. The van der Waals surface area contributed by atoms with Crippen molar-refractivity contribution in [1.82, 2.24) is 14.5 Å². The lowest BCUT2D eigenvalue weighted by Crippen LogP contribution is -2.23. The van der Waals surface area contributed by atoms with E-state index in [1.807, 2.05) is 17.8 Å². The largest absolute Gasteiger partial charge is 0.340 e. The molecule has 0 aromatic carbocycles. The number of aromatic nitrogens is 2. The zero-order chi connectivity index (χ0) is 9.14. The number of carbonyl (C=O) groups excluding carboxylic acids is 1. The second kappa shape index (κ2) is 3.38. The molecular weight excluding hydrogens is 154 g/mol. The first-order valence-corrected chi connectivity index (χ1v) is 3.78. The highest BCUT2D eigenvalue weighted by Crippen LogP contribution is 1.98. The van der Waals surface area contributed by atoms with Gasteiger partial charge in [-0.3, -0.25) is 4.79 Å². The van der Waals surface area contributed by atoms with E-state index >= 15 is 0 Å². The summed E-state index contributed by atoms with van der Waals surface area (Å²) in [5.74, 6) is 0.0562. The number of amides is 1. The van der Waals surface area contributed by atoms with Crippen LogP contribution in [0.15, 0.2) is 12.5 Å². The van der Waals surface area contributed by atoms with Gasteiger partial charge in [-0.25, -0.2) is 4.98 Å². The highest BCUT2D eigenvalue weighted by atomic mass is 16.2. The predicted octanol–water partition coefficient (Wildman–Crippen LogP) is 0.398. The normalized spacial score (nSPS) is 9.92. The third-order valence-electron chi connectivity index (χ3n) is 1.70. The number of carbonyl (C=O) groups is 1. The van der Waals surface area contributed by atoms with E-state index in [1.54, 1.807) is 25.2 Å². The van der Waals surface area contributed by atoms with Crippen LogP contribution >= 0.6 is 0 Å². The van der Waals surface area contributed by atoms with Gasteiger partial charge >= 0.3 is 0 Å². The molecule has 0 N–H and O–H groups in total. The van der Waals surface area contributed by atoms with Gasteiger partial charge in [-0.05, 0) is 0 Å². The van der Waals surface area contributed by atoms with Crippen LogP contribution in [0.2, 0.25) is 0 Å². The van der Waals surface area contributed by atoms with Gasteiger partial charge in [0.15, 0.2) is 0 Å². The molecule has 0 unspecified atom stereocenters. The van der Waals surface area contributed by atoms with Crippen LogP contribution in [0.1, 0.15) is 12.6 Å². The number of hydrogen-bond acceptors (Lipinski definition) is 2. The molecule has 4 nitrogen and oxygen atoms in total. The van der Waals surface area contributed by atoms with Crippen LogP contribution in [0, 0.1) is 0 Å². The van der Waals surface area contributed by atoms with E-state index in [2.05, 4.69) is 4.98 Å². The minimum atomic E-state index is 0.0562. The molecule has 0 spiro atoms. The maximum Gasteiger partial charge on any atom is 0.219 e. The van der Waals surface area contributed by atoms with Crippen LogP contribution in [-0.2, 0) is 18.4 Å². The van der Waals surface area contributed by atoms with E-state index in [1.165, 1.54) is 0 Å². The lowest BCUT2D eigenvalue weighted by atomic mass is 10.4. The quantitative estimate of drug-likeness (QED) is 0.639. The summed E-state index contributed by atoms with van der Waals surface area (Å²) >= 11 is 0. The first kappa shape index (κ1) is 8.77. The van der Waals surface area contributed by atoms with Gasteiger partial charge in [-0.1, -0.05) is 0 Å². The van der Waals surface area contributed by atoms with Gasteiger partial charge in [0.1, 0.15) is 0 Å². The van der Waals surface area contributed by atoms with Gasteiger partial charge in [0, 0.05) is 27.2 Å². The standard InChI is InChI=1S/C8H13N3O/c1-7(12)11(3)5-8-4-10(2)6-9-8/h4,6H,5H2,1-3H3. The summed E-state index contributed by atoms with van der Waals surface area (Å²) in [6.45, 7) is 2.12. The molecule has 66 valence electrons. The van der Waals surface area contributed by atoms with Gasteiger partial charge in [-0.2, -0.15) is 0 Å². The van der Waals surface area contributed by atoms with Gasteiger partial charge in [-0.15, -0.1) is 0 Å². The Bertz CT molecular complexity index is 280. The SMILES string of the molecule is CC(=O)N(C)Cc1cn(C)cn1. The van der Waals surface area contributed by atoms with Crippen molar-refractivity contribution in [2.75, 3.05) is 7.05 Å². The number of aryl methyl sites for hydroxylation is 1. The predicted molar refractivity (Wildman–Crippen MR) is 45.4 cm³/mol. The van der Waals surface area contributed by atoms with Crippen LogP contribution in [-0.4, -0.2) is 27.4 Å². The lowest BCUT2D eigenvalue weighted by molar-refractivity contribution is -0.128. The minimum Gasteiger partial charge on any atom is -0.340 e. The van der Waals surface area contributed by atoms with Crippen molar-refractivity contribution >= 4 is 5.91 Å². The highest BCUT2D eigenvalue weighted by Gasteiger charge is 2.04. The Kier molecular flexibility index (Phi) is 2.47. The Morgan fingerprint density at radius 2 is 2.42 bits per heavy atom. The summed E-state index contributed by atoms with van der Waals surface area (Å²) in [5, 5.41) is 0. The first-order chi connectivity index (χ1) is 5.59. The molecule has 1 amide bonds. The lowest BCUT2D eigenvalue weighted by Gasteiger charge is -2.11. The maximum atomic E-state index is 10.8. The maximum absolute atomic E-state index is 10.8. The summed E-state index contributed by atoms with van der Waals surface area (Å²) < 4.78 is 1.86. The summed E-state index contributed by atoms with van der Waals surface area (Å²) in [7, 11) is 3.67. The molecule has 0 saturated carbocycles. The Labute approximate surface area is 71.8 Å². The first-order valence-electron chi connectivity index (χ1n) is 3.78. The molecule has 0 aliphatic heterocycles. The molecule has 1 aromatic heterocycles. The molecule has 1 rings (SSSR count). The van der Waals surface area contributed by atoms with Crippen molar-refractivity contribution < 1.29 is 4.79 Å². The second-order valence-electron chi connectivity index (χ2n) is 2.91. The number of imidazole rings is 1. The Morgan fingerprint density at radius 1 is 1.75 bits per heavy atom. The van der Waals surface area contributed by atoms with Crippen LogP contribution in [0.25, 0.3) is 0 Å². The topological polar surface area (TPSA) is 38.1 Å². The molecule has 0 saturated heterocycles. The molecule has 0 radical (unpaired) electrons. The molecule has 1 aromatic rings. The highest BCUT2D eigenvalue weighted by molar-refractivity contribution is 5.72. The Morgan fingerprint density at radius 3 is 2.83 bits per heavy atom. The summed E-state index contributed by atoms with van der Waals surface area (Å²) in [6.07, 6.45) is 3.63. The molecule has 0 fully saturated rings. The van der Waals surface area contributed by atoms with Crippen LogP contribution in [0.3, 0.4) is 0 Å². The zero-order valence-corrected chi connectivity index (χ0v) is 7.61. The van der Waals surface area contributed by atoms with Gasteiger partial charge in [0.05, 0.1) is 18.6 Å². The van der Waals surface area contributed by atoms with Gasteiger partial charge in [0.25, 0.3) is 0 Å². The van der Waals surface area contributed by atoms with Crippen molar-refractivity contribution in [2.45, 2.75) is 13.5 Å². The second-order valence-corrected chi connectivity index (χ2v) is 2.91. The average Bonchev–Trinajstić information content (AvgIpc) is 2.35. The van der Waals surface area contributed by atoms with Crippen LogP contribution < -0.4 is 0 Å². The van der Waals surface area contributed by atoms with E-state index in [0.29, 0.717) is 6.54 Å². The summed E-state index contributed by atoms with van der Waals surface area (Å²) in [6, 6.07) is 0. The fourth-order valence-electron chi connectivity index (χ4n) is 0.903. The molecule has 0 atom stereocenters. The fourth-order valence-corrected chi connectivity index (χ4v) is 0.903. The van der Waals surface area contributed by atoms with E-state index in [9.17, 15) is 4.79 Å². The smallest absolute Gasteiger partial charge is 0.219 e. The number of nitrogens with zero attached hydrogens (tertiary/aromatic N) is 3. The molecular formula is C8H13N3O. The van der Waals surface area contributed by atoms with Crippen molar-refractivity contribution in [2.24, 2.45) is 7.05 Å². The molecule has 1 heterocycles.